The van der Waals surface area contributed by atoms with Gasteiger partial charge in [-0.25, -0.2) is 28.3 Å². The quantitative estimate of drug-likeness (QED) is 0.368. The Morgan fingerprint density at radius 2 is 1.56 bits per heavy atom. The molecule has 260 valence electrons. The van der Waals surface area contributed by atoms with Gasteiger partial charge in [-0.3, -0.25) is 9.69 Å². The number of nitrogens with two attached hydrogens (primary N) is 1. The molecule has 0 bridgehead atoms. The minimum absolute atomic E-state index is 0.214. The maximum Gasteiger partial charge on any atom is 0.362 e. The van der Waals surface area contributed by atoms with E-state index < -0.39 is 28.1 Å². The first kappa shape index (κ1) is 36.1. The van der Waals surface area contributed by atoms with E-state index in [2.05, 4.69) is 20.3 Å². The van der Waals surface area contributed by atoms with Crippen molar-refractivity contribution < 1.29 is 22.8 Å². The van der Waals surface area contributed by atoms with Crippen LogP contribution in [-0.4, -0.2) is 67.5 Å². The van der Waals surface area contributed by atoms with Crippen LogP contribution >= 0.6 is 23.2 Å². The van der Waals surface area contributed by atoms with E-state index in [4.69, 9.17) is 38.2 Å². The molecule has 0 aliphatic carbocycles. The lowest BCUT2D eigenvalue weighted by molar-refractivity contribution is -0.145. The Morgan fingerprint density at radius 3 is 2.17 bits per heavy atom. The molecule has 15 heteroatoms. The summed E-state index contributed by atoms with van der Waals surface area (Å²) in [4.78, 5) is 48.3. The number of sulfonamides is 1. The molecule has 3 N–H and O–H groups in total. The Morgan fingerprint density at radius 1 is 0.958 bits per heavy atom. The summed E-state index contributed by atoms with van der Waals surface area (Å²) in [7, 11) is -4.12. The van der Waals surface area contributed by atoms with Crippen LogP contribution in [0.5, 0.6) is 0 Å². The summed E-state index contributed by atoms with van der Waals surface area (Å²) in [5.74, 6) is -0.931. The van der Waals surface area contributed by atoms with Crippen LogP contribution in [0.2, 0.25) is 5.02 Å². The first-order valence-corrected chi connectivity index (χ1v) is 18.6. The summed E-state index contributed by atoms with van der Waals surface area (Å²) in [6, 6.07) is 3.00. The average Bonchev–Trinajstić information content (AvgIpc) is 3.50. The van der Waals surface area contributed by atoms with Crippen LogP contribution in [0.1, 0.15) is 86.8 Å². The minimum atomic E-state index is -4.12. The molecule has 3 aliphatic heterocycles. The molecule has 1 atom stereocenters. The Labute approximate surface area is 292 Å². The second-order valence-corrected chi connectivity index (χ2v) is 14.9. The van der Waals surface area contributed by atoms with Crippen molar-refractivity contribution in [1.82, 2.24) is 20.3 Å². The number of aryl methyl sites for hydroxylation is 1. The fourth-order valence-electron chi connectivity index (χ4n) is 6.78. The lowest BCUT2D eigenvalue weighted by Crippen LogP contribution is -2.53. The number of nitrogens with zero attached hydrogens (tertiary/aromatic N) is 5. The molecule has 1 amide bonds. The molecule has 0 saturated carbocycles. The summed E-state index contributed by atoms with van der Waals surface area (Å²) >= 11 is 13.5. The number of aromatic nitrogens is 2. The van der Waals surface area contributed by atoms with Gasteiger partial charge in [-0.2, -0.15) is 5.48 Å². The number of pyridine rings is 2. The monoisotopic (exact) mass is 719 g/mol. The fourth-order valence-corrected chi connectivity index (χ4v) is 7.60. The average molecular weight is 721 g/mol. The Hall–Kier alpha value is -3.23. The van der Waals surface area contributed by atoms with Gasteiger partial charge in [-0.05, 0) is 70.6 Å². The van der Waals surface area contributed by atoms with E-state index in [1.54, 1.807) is 38.7 Å². The number of carbonyl (C=O) groups is 2. The zero-order valence-electron chi connectivity index (χ0n) is 27.8. The van der Waals surface area contributed by atoms with Crippen LogP contribution in [0.15, 0.2) is 45.2 Å². The third kappa shape index (κ3) is 7.50. The number of carbonyl (C=O) groups excluding carboxylic acids is 2. The van der Waals surface area contributed by atoms with Crippen LogP contribution < -0.4 is 20.4 Å². The van der Waals surface area contributed by atoms with Crippen molar-refractivity contribution in [2.75, 3.05) is 36.0 Å². The van der Waals surface area contributed by atoms with E-state index in [0.717, 1.165) is 64.5 Å². The molecular weight excluding hydrogens is 677 g/mol. The number of allylic oxidation sites excluding steroid dienone is 3. The highest BCUT2D eigenvalue weighted by Crippen LogP contribution is 2.40. The molecule has 12 nitrogen and oxygen atoms in total. The van der Waals surface area contributed by atoms with Crippen molar-refractivity contribution in [2.24, 2.45) is 5.14 Å². The van der Waals surface area contributed by atoms with Gasteiger partial charge in [0.05, 0.1) is 26.9 Å². The molecule has 3 aliphatic rings. The van der Waals surface area contributed by atoms with E-state index in [1.807, 2.05) is 0 Å². The summed E-state index contributed by atoms with van der Waals surface area (Å²) in [6.45, 7) is 9.94. The molecule has 2 fully saturated rings. The lowest BCUT2D eigenvalue weighted by Gasteiger charge is -2.45. The molecule has 5 heterocycles. The van der Waals surface area contributed by atoms with E-state index in [-0.39, 0.29) is 16.2 Å². The maximum atomic E-state index is 14.2. The van der Waals surface area contributed by atoms with Crippen molar-refractivity contribution in [2.45, 2.75) is 90.3 Å². The summed E-state index contributed by atoms with van der Waals surface area (Å²) < 4.78 is 24.5. The minimum Gasteiger partial charge on any atom is -0.356 e. The lowest BCUT2D eigenvalue weighted by atomic mass is 9.97. The number of hydrogen-bond acceptors (Lipinski definition) is 10. The SMILES string of the molecule is CC1=C(C(=O)ONC(=O)c2c(N3CCCCCC3)nc(C)c(Cl)c2C)C(N2CCCCCC2)N(c2ccnc(S(N)(=O)=O)c2)C(C)=C1Cl. The van der Waals surface area contributed by atoms with Gasteiger partial charge in [0.25, 0.3) is 15.9 Å². The van der Waals surface area contributed by atoms with E-state index in [1.165, 1.54) is 12.3 Å². The molecule has 48 heavy (non-hydrogen) atoms. The third-order valence-electron chi connectivity index (χ3n) is 9.30. The molecule has 0 spiro atoms. The Bertz CT molecular complexity index is 1750. The largest absolute Gasteiger partial charge is 0.362 e. The van der Waals surface area contributed by atoms with Gasteiger partial charge in [0.15, 0.2) is 5.03 Å². The number of amides is 1. The predicted octanol–water partition coefficient (Wildman–Crippen LogP) is 5.47. The molecule has 1 unspecified atom stereocenters. The molecular formula is C33H43Cl2N7O5S. The number of nitrogens with one attached hydrogen (secondary N) is 1. The standard InChI is InChI=1S/C33H43Cl2N7O5S/c1-20-26(30(38-22(3)28(20)34)40-15-9-5-6-10-16-40)31(43)39-47-33(44)27-21(2)29(35)23(4)42(32(27)41-17-11-7-8-12-18-41)24-13-14-37-25(19-24)48(36,45)46/h13-14,19,32H,5-12,15-18H2,1-4H3,(H,39,43)(H2,36,45,46). The second kappa shape index (κ2) is 15.1. The van der Waals surface area contributed by atoms with Gasteiger partial charge in [-0.15, -0.1) is 0 Å². The van der Waals surface area contributed by atoms with Gasteiger partial charge >= 0.3 is 5.97 Å². The first-order chi connectivity index (χ1) is 22.8. The highest BCUT2D eigenvalue weighted by atomic mass is 35.5. The van der Waals surface area contributed by atoms with Crippen LogP contribution in [0, 0.1) is 13.8 Å². The number of hydrogen-bond donors (Lipinski definition) is 2. The van der Waals surface area contributed by atoms with Crippen molar-refractivity contribution >= 4 is 56.6 Å². The van der Waals surface area contributed by atoms with Gasteiger partial charge in [0.1, 0.15) is 12.0 Å². The van der Waals surface area contributed by atoms with Gasteiger partial charge < -0.3 is 14.6 Å². The second-order valence-electron chi connectivity index (χ2n) is 12.6. The summed E-state index contributed by atoms with van der Waals surface area (Å²) in [6.07, 6.45) is 8.65. The Kier molecular flexibility index (Phi) is 11.4. The van der Waals surface area contributed by atoms with Crippen LogP contribution in [-0.2, 0) is 19.7 Å². The smallest absolute Gasteiger partial charge is 0.356 e. The van der Waals surface area contributed by atoms with Gasteiger partial charge in [0, 0.05) is 49.8 Å². The van der Waals surface area contributed by atoms with Crippen LogP contribution in [0.3, 0.4) is 0 Å². The number of likely N-dealkylation sites (tertiary alicyclic amines) is 1. The number of hydroxylamine groups is 1. The zero-order chi connectivity index (χ0) is 34.7. The number of rotatable bonds is 6. The zero-order valence-corrected chi connectivity index (χ0v) is 30.1. The maximum absolute atomic E-state index is 14.2. The van der Waals surface area contributed by atoms with Crippen molar-refractivity contribution in [3.8, 4) is 0 Å². The molecule has 2 aromatic rings. The van der Waals surface area contributed by atoms with E-state index in [0.29, 0.717) is 57.2 Å². The van der Waals surface area contributed by atoms with Crippen LogP contribution in [0.4, 0.5) is 11.5 Å². The van der Waals surface area contributed by atoms with Gasteiger partial charge in [-0.1, -0.05) is 48.9 Å². The normalized spacial score (nSPS) is 20.0. The number of anilines is 2. The molecule has 0 radical (unpaired) electrons. The van der Waals surface area contributed by atoms with E-state index >= 15 is 0 Å². The number of primary sulfonamides is 1. The molecule has 2 saturated heterocycles. The predicted molar refractivity (Wildman–Crippen MR) is 186 cm³/mol. The summed E-state index contributed by atoms with van der Waals surface area (Å²) in [5.41, 5.74) is 5.54. The van der Waals surface area contributed by atoms with Crippen molar-refractivity contribution in [3.05, 3.63) is 62.0 Å². The Balaban J connectivity index is 1.51. The fraction of sp³-hybridized carbons (Fsp3) is 0.515. The molecule has 5 rings (SSSR count). The third-order valence-corrected chi connectivity index (χ3v) is 11.2. The topological polar surface area (TPSA) is 151 Å². The molecule has 2 aromatic heterocycles. The highest BCUT2D eigenvalue weighted by molar-refractivity contribution is 7.89. The first-order valence-electron chi connectivity index (χ1n) is 16.3. The summed E-state index contributed by atoms with van der Waals surface area (Å²) in [5, 5.41) is 5.77. The van der Waals surface area contributed by atoms with Crippen molar-refractivity contribution in [3.63, 3.8) is 0 Å². The van der Waals surface area contributed by atoms with E-state index in [9.17, 15) is 18.0 Å². The van der Waals surface area contributed by atoms with Gasteiger partial charge in [0.2, 0.25) is 0 Å². The van der Waals surface area contributed by atoms with Crippen LogP contribution in [0.25, 0.3) is 0 Å². The van der Waals surface area contributed by atoms with Crippen molar-refractivity contribution in [1.29, 1.82) is 0 Å². The molecule has 0 aromatic carbocycles. The highest BCUT2D eigenvalue weighted by Gasteiger charge is 2.41. The number of halogens is 2.